The smallest absolute Gasteiger partial charge is 0.0351 e. The van der Waals surface area contributed by atoms with Crippen LogP contribution in [0.2, 0.25) is 0 Å². The Morgan fingerprint density at radius 1 is 1.18 bits per heavy atom. The van der Waals surface area contributed by atoms with E-state index in [2.05, 4.69) is 37.8 Å². The molecule has 0 saturated heterocycles. The number of rotatable bonds is 5. The van der Waals surface area contributed by atoms with E-state index in [4.69, 9.17) is 11.6 Å². The third-order valence-corrected chi connectivity index (χ3v) is 3.81. The van der Waals surface area contributed by atoms with Crippen molar-refractivity contribution in [1.82, 2.24) is 4.90 Å². The molecule has 0 atom stereocenters. The Hall–Kier alpha value is -0.530. The van der Waals surface area contributed by atoms with E-state index in [9.17, 15) is 0 Å². The molecule has 17 heavy (non-hydrogen) atoms. The van der Waals surface area contributed by atoms with E-state index in [1.54, 1.807) is 0 Å². The summed E-state index contributed by atoms with van der Waals surface area (Å²) in [5, 5.41) is 0. The molecule has 0 N–H and O–H groups in total. The molecule has 1 aromatic rings. The molecule has 2 rings (SSSR count). The molecule has 1 saturated carbocycles. The molecule has 2 heteroatoms. The monoisotopic (exact) mass is 251 g/mol. The van der Waals surface area contributed by atoms with Crippen molar-refractivity contribution >= 4 is 11.6 Å². The summed E-state index contributed by atoms with van der Waals surface area (Å²) in [5.41, 5.74) is 5.69. The summed E-state index contributed by atoms with van der Waals surface area (Å²) in [7, 11) is 0. The maximum absolute atomic E-state index is 5.90. The van der Waals surface area contributed by atoms with Crippen molar-refractivity contribution in [3.63, 3.8) is 0 Å². The summed E-state index contributed by atoms with van der Waals surface area (Å²) in [6.45, 7) is 8.69. The van der Waals surface area contributed by atoms with Crippen LogP contribution in [-0.2, 0) is 6.54 Å². The van der Waals surface area contributed by atoms with Crippen LogP contribution in [0, 0.1) is 20.8 Å². The largest absolute Gasteiger partial charge is 0.295 e. The molecule has 0 radical (unpaired) electrons. The number of nitrogens with zero attached hydrogens (tertiary/aromatic N) is 1. The van der Waals surface area contributed by atoms with Crippen LogP contribution in [-0.4, -0.2) is 23.4 Å². The normalized spacial score (nSPS) is 15.6. The molecule has 1 aliphatic rings. The molecule has 0 heterocycles. The van der Waals surface area contributed by atoms with Gasteiger partial charge in [0.2, 0.25) is 0 Å². The van der Waals surface area contributed by atoms with Crippen molar-refractivity contribution in [2.24, 2.45) is 0 Å². The molecule has 0 aliphatic heterocycles. The van der Waals surface area contributed by atoms with Crippen molar-refractivity contribution in [2.45, 2.75) is 46.2 Å². The van der Waals surface area contributed by atoms with Gasteiger partial charge in [0.15, 0.2) is 0 Å². The third kappa shape index (κ3) is 3.23. The van der Waals surface area contributed by atoms with E-state index < -0.39 is 0 Å². The maximum atomic E-state index is 5.90. The standard InChI is InChI=1S/C15H22ClN/c1-11-8-12(2)15(13(3)9-11)10-17(7-6-16)14-4-5-14/h8-9,14H,4-7,10H2,1-3H3. The molecule has 0 spiro atoms. The second-order valence-corrected chi connectivity index (χ2v) is 5.65. The Balaban J connectivity index is 2.16. The molecule has 1 fully saturated rings. The van der Waals surface area contributed by atoms with Gasteiger partial charge in [0.05, 0.1) is 0 Å². The van der Waals surface area contributed by atoms with Gasteiger partial charge in [-0.25, -0.2) is 0 Å². The highest BCUT2D eigenvalue weighted by Gasteiger charge is 2.28. The highest BCUT2D eigenvalue weighted by molar-refractivity contribution is 6.18. The maximum Gasteiger partial charge on any atom is 0.0351 e. The molecule has 94 valence electrons. The predicted octanol–water partition coefficient (Wildman–Crippen LogP) is 3.82. The number of hydrogen-bond acceptors (Lipinski definition) is 1. The molecule has 1 nitrogen and oxygen atoms in total. The minimum Gasteiger partial charge on any atom is -0.295 e. The lowest BCUT2D eigenvalue weighted by molar-refractivity contribution is 0.270. The summed E-state index contributed by atoms with van der Waals surface area (Å²) < 4.78 is 0. The predicted molar refractivity (Wildman–Crippen MR) is 74.8 cm³/mol. The number of halogens is 1. The van der Waals surface area contributed by atoms with Gasteiger partial charge in [0.1, 0.15) is 0 Å². The number of hydrogen-bond donors (Lipinski definition) is 0. The van der Waals surface area contributed by atoms with Gasteiger partial charge < -0.3 is 0 Å². The summed E-state index contributed by atoms with van der Waals surface area (Å²) in [4.78, 5) is 2.54. The first-order valence-electron chi connectivity index (χ1n) is 6.48. The average Bonchev–Trinajstić information content (AvgIpc) is 3.05. The topological polar surface area (TPSA) is 3.24 Å². The van der Waals surface area contributed by atoms with Crippen LogP contribution >= 0.6 is 11.6 Å². The molecule has 0 aromatic heterocycles. The van der Waals surface area contributed by atoms with Crippen LogP contribution < -0.4 is 0 Å². The molecule has 1 aromatic carbocycles. The van der Waals surface area contributed by atoms with Crippen LogP contribution in [0.5, 0.6) is 0 Å². The Morgan fingerprint density at radius 3 is 2.24 bits per heavy atom. The van der Waals surface area contributed by atoms with Gasteiger partial charge in [-0.2, -0.15) is 0 Å². The lowest BCUT2D eigenvalue weighted by Gasteiger charge is -2.23. The zero-order chi connectivity index (χ0) is 12.4. The third-order valence-electron chi connectivity index (χ3n) is 3.64. The molecule has 0 amide bonds. The second-order valence-electron chi connectivity index (χ2n) is 5.27. The minimum absolute atomic E-state index is 0.737. The van der Waals surface area contributed by atoms with E-state index in [1.165, 1.54) is 35.1 Å². The van der Waals surface area contributed by atoms with E-state index in [-0.39, 0.29) is 0 Å². The average molecular weight is 252 g/mol. The number of alkyl halides is 1. The van der Waals surface area contributed by atoms with Gasteiger partial charge in [-0.05, 0) is 50.3 Å². The Labute approximate surface area is 110 Å². The highest BCUT2D eigenvalue weighted by atomic mass is 35.5. The van der Waals surface area contributed by atoms with Crippen LogP contribution in [0.4, 0.5) is 0 Å². The summed E-state index contributed by atoms with van der Waals surface area (Å²) >= 11 is 5.90. The van der Waals surface area contributed by atoms with Crippen molar-refractivity contribution in [1.29, 1.82) is 0 Å². The SMILES string of the molecule is Cc1cc(C)c(CN(CCCl)C2CC2)c(C)c1. The lowest BCUT2D eigenvalue weighted by atomic mass is 9.99. The van der Waals surface area contributed by atoms with E-state index in [0.717, 1.165) is 25.0 Å². The minimum atomic E-state index is 0.737. The van der Waals surface area contributed by atoms with Gasteiger partial charge in [-0.1, -0.05) is 17.7 Å². The number of aryl methyl sites for hydroxylation is 3. The van der Waals surface area contributed by atoms with Crippen molar-refractivity contribution < 1.29 is 0 Å². The quantitative estimate of drug-likeness (QED) is 0.720. The van der Waals surface area contributed by atoms with Crippen molar-refractivity contribution in [3.8, 4) is 0 Å². The molecular formula is C15H22ClN. The fourth-order valence-electron chi connectivity index (χ4n) is 2.60. The van der Waals surface area contributed by atoms with Gasteiger partial charge in [-0.3, -0.25) is 4.90 Å². The lowest BCUT2D eigenvalue weighted by Crippen LogP contribution is -2.28. The fraction of sp³-hybridized carbons (Fsp3) is 0.600. The first-order chi connectivity index (χ1) is 8.11. The molecule has 1 aliphatic carbocycles. The number of benzene rings is 1. The van der Waals surface area contributed by atoms with E-state index in [1.807, 2.05) is 0 Å². The summed E-state index contributed by atoms with van der Waals surface area (Å²) in [6.07, 6.45) is 2.70. The van der Waals surface area contributed by atoms with Crippen LogP contribution in [0.3, 0.4) is 0 Å². The van der Waals surface area contributed by atoms with E-state index in [0.29, 0.717) is 0 Å². The van der Waals surface area contributed by atoms with Gasteiger partial charge in [-0.15, -0.1) is 11.6 Å². The van der Waals surface area contributed by atoms with Crippen molar-refractivity contribution in [2.75, 3.05) is 12.4 Å². The Bertz CT molecular complexity index is 373. The molecule has 0 unspecified atom stereocenters. The van der Waals surface area contributed by atoms with Crippen molar-refractivity contribution in [3.05, 3.63) is 34.4 Å². The van der Waals surface area contributed by atoms with E-state index >= 15 is 0 Å². The van der Waals surface area contributed by atoms with Crippen LogP contribution in [0.15, 0.2) is 12.1 Å². The Kier molecular flexibility index (Phi) is 4.11. The Morgan fingerprint density at radius 2 is 1.76 bits per heavy atom. The first kappa shape index (κ1) is 12.9. The van der Waals surface area contributed by atoms with Gasteiger partial charge in [0, 0.05) is 25.0 Å². The second kappa shape index (κ2) is 5.41. The zero-order valence-corrected chi connectivity index (χ0v) is 11.8. The summed E-state index contributed by atoms with van der Waals surface area (Å²) in [5.74, 6) is 0.737. The van der Waals surface area contributed by atoms with Gasteiger partial charge in [0.25, 0.3) is 0 Å². The fourth-order valence-corrected chi connectivity index (χ4v) is 2.82. The first-order valence-corrected chi connectivity index (χ1v) is 7.02. The summed E-state index contributed by atoms with van der Waals surface area (Å²) in [6, 6.07) is 5.36. The molecular weight excluding hydrogens is 230 g/mol. The zero-order valence-electron chi connectivity index (χ0n) is 11.1. The van der Waals surface area contributed by atoms with Crippen LogP contribution in [0.25, 0.3) is 0 Å². The van der Waals surface area contributed by atoms with Gasteiger partial charge >= 0.3 is 0 Å². The highest BCUT2D eigenvalue weighted by Crippen LogP contribution is 2.29. The molecule has 0 bridgehead atoms. The van der Waals surface area contributed by atoms with Crippen LogP contribution in [0.1, 0.15) is 35.1 Å².